The first-order chi connectivity index (χ1) is 11.4. The summed E-state index contributed by atoms with van der Waals surface area (Å²) in [5, 5.41) is 11.7. The molecule has 24 heavy (non-hydrogen) atoms. The van der Waals surface area contributed by atoms with E-state index in [9.17, 15) is 4.79 Å². The van der Waals surface area contributed by atoms with Gasteiger partial charge in [-0.3, -0.25) is 10.2 Å². The van der Waals surface area contributed by atoms with Crippen LogP contribution in [-0.2, 0) is 0 Å². The summed E-state index contributed by atoms with van der Waals surface area (Å²) in [5.74, 6) is 0.767. The molecule has 0 spiro atoms. The van der Waals surface area contributed by atoms with Crippen molar-refractivity contribution < 1.29 is 4.79 Å². The zero-order valence-corrected chi connectivity index (χ0v) is 13.6. The molecule has 0 saturated heterocycles. The van der Waals surface area contributed by atoms with Gasteiger partial charge in [-0.05, 0) is 55.8 Å². The zero-order chi connectivity index (χ0) is 17.3. The van der Waals surface area contributed by atoms with E-state index in [2.05, 4.69) is 10.3 Å². The van der Waals surface area contributed by atoms with Gasteiger partial charge in [-0.15, -0.1) is 0 Å². The Morgan fingerprint density at radius 3 is 2.38 bits per heavy atom. The van der Waals surface area contributed by atoms with Gasteiger partial charge in [0.05, 0.1) is 5.52 Å². The number of anilines is 2. The highest BCUT2D eigenvalue weighted by molar-refractivity contribution is 5.98. The summed E-state index contributed by atoms with van der Waals surface area (Å²) in [6.07, 6.45) is 0. The second-order valence-electron chi connectivity index (χ2n) is 5.73. The molecule has 5 heteroatoms. The first kappa shape index (κ1) is 15.7. The van der Waals surface area contributed by atoms with Crippen LogP contribution in [0.15, 0.2) is 48.5 Å². The molecule has 0 fully saturated rings. The molecule has 4 N–H and O–H groups in total. The van der Waals surface area contributed by atoms with Gasteiger partial charge in [0.15, 0.2) is 5.78 Å². The molecule has 3 aromatic rings. The molecule has 0 aliphatic carbocycles. The van der Waals surface area contributed by atoms with Crippen LogP contribution >= 0.6 is 0 Å². The second-order valence-corrected chi connectivity index (χ2v) is 5.73. The summed E-state index contributed by atoms with van der Waals surface area (Å²) >= 11 is 0. The van der Waals surface area contributed by atoms with E-state index in [-0.39, 0.29) is 11.6 Å². The average molecular weight is 318 g/mol. The number of nitrogens with zero attached hydrogens (tertiary/aromatic N) is 1. The molecular weight excluding hydrogens is 300 g/mol. The molecule has 0 amide bonds. The Morgan fingerprint density at radius 1 is 1.08 bits per heavy atom. The van der Waals surface area contributed by atoms with Crippen molar-refractivity contribution >= 4 is 34.0 Å². The largest absolute Gasteiger partial charge is 0.384 e. The quantitative estimate of drug-likeness (QED) is 0.388. The lowest BCUT2D eigenvalue weighted by atomic mass is 10.1. The van der Waals surface area contributed by atoms with Crippen LogP contribution in [-0.4, -0.2) is 16.6 Å². The standard InChI is InChI=1S/C19H18N4O/c1-11-9-18(22-15-6-3-13(4-7-15)19(20)21)23-17-10-14(12(2)24)5-8-16(11)17/h3-10H,1-2H3,(H3,20,21)(H,22,23). The minimum absolute atomic E-state index is 0.0227. The monoisotopic (exact) mass is 318 g/mol. The number of fused-ring (bicyclic) bond motifs is 1. The minimum Gasteiger partial charge on any atom is -0.384 e. The first-order valence-electron chi connectivity index (χ1n) is 7.58. The van der Waals surface area contributed by atoms with Gasteiger partial charge in [0, 0.05) is 22.2 Å². The maximum atomic E-state index is 11.6. The summed E-state index contributed by atoms with van der Waals surface area (Å²) in [7, 11) is 0. The van der Waals surface area contributed by atoms with E-state index in [0.717, 1.165) is 22.2 Å². The number of carbonyl (C=O) groups is 1. The maximum Gasteiger partial charge on any atom is 0.159 e. The van der Waals surface area contributed by atoms with Gasteiger partial charge >= 0.3 is 0 Å². The molecule has 0 saturated carbocycles. The molecule has 1 heterocycles. The van der Waals surface area contributed by atoms with Gasteiger partial charge < -0.3 is 11.1 Å². The van der Waals surface area contributed by atoms with Crippen LogP contribution in [0.2, 0.25) is 0 Å². The van der Waals surface area contributed by atoms with Gasteiger partial charge in [0.2, 0.25) is 0 Å². The second kappa shape index (κ2) is 6.12. The van der Waals surface area contributed by atoms with Crippen molar-refractivity contribution in [3.8, 4) is 0 Å². The SMILES string of the molecule is CC(=O)c1ccc2c(C)cc(Nc3ccc(C(=N)N)cc3)nc2c1. The first-order valence-corrected chi connectivity index (χ1v) is 7.58. The van der Waals surface area contributed by atoms with Gasteiger partial charge in [0.25, 0.3) is 0 Å². The number of hydrogen-bond acceptors (Lipinski definition) is 4. The number of pyridine rings is 1. The highest BCUT2D eigenvalue weighted by Crippen LogP contribution is 2.24. The topological polar surface area (TPSA) is 91.9 Å². The van der Waals surface area contributed by atoms with Gasteiger partial charge in [-0.1, -0.05) is 12.1 Å². The van der Waals surface area contributed by atoms with E-state index < -0.39 is 0 Å². The average Bonchev–Trinajstić information content (AvgIpc) is 2.54. The van der Waals surface area contributed by atoms with Crippen LogP contribution in [0.1, 0.15) is 28.4 Å². The summed E-state index contributed by atoms with van der Waals surface area (Å²) in [5.41, 5.74) is 9.51. The summed E-state index contributed by atoms with van der Waals surface area (Å²) in [6, 6.07) is 14.8. The van der Waals surface area contributed by atoms with E-state index >= 15 is 0 Å². The highest BCUT2D eigenvalue weighted by atomic mass is 16.1. The van der Waals surface area contributed by atoms with Gasteiger partial charge in [0.1, 0.15) is 11.7 Å². The Morgan fingerprint density at radius 2 is 1.75 bits per heavy atom. The Hall–Kier alpha value is -3.21. The lowest BCUT2D eigenvalue weighted by molar-refractivity contribution is 0.101. The third-order valence-electron chi connectivity index (χ3n) is 3.89. The minimum atomic E-state index is 0.0227. The van der Waals surface area contributed by atoms with Crippen molar-refractivity contribution in [2.75, 3.05) is 5.32 Å². The number of carbonyl (C=O) groups excluding carboxylic acids is 1. The van der Waals surface area contributed by atoms with E-state index in [1.54, 1.807) is 19.1 Å². The number of amidine groups is 1. The molecule has 0 aliphatic heterocycles. The van der Waals surface area contributed by atoms with E-state index in [0.29, 0.717) is 16.9 Å². The van der Waals surface area contributed by atoms with Crippen LogP contribution in [0.4, 0.5) is 11.5 Å². The Balaban J connectivity index is 1.97. The van der Waals surface area contributed by atoms with E-state index in [4.69, 9.17) is 11.1 Å². The molecule has 0 bridgehead atoms. The van der Waals surface area contributed by atoms with Crippen molar-refractivity contribution in [2.45, 2.75) is 13.8 Å². The van der Waals surface area contributed by atoms with Crippen molar-refractivity contribution in [1.29, 1.82) is 5.41 Å². The summed E-state index contributed by atoms with van der Waals surface area (Å²) < 4.78 is 0. The molecule has 0 atom stereocenters. The number of hydrogen-bond donors (Lipinski definition) is 3. The fourth-order valence-electron chi connectivity index (χ4n) is 2.57. The molecule has 0 radical (unpaired) electrons. The number of nitrogen functional groups attached to an aromatic ring is 1. The lowest BCUT2D eigenvalue weighted by Crippen LogP contribution is -2.10. The number of nitrogens with one attached hydrogen (secondary N) is 2. The molecule has 0 aliphatic rings. The molecule has 1 aromatic heterocycles. The van der Waals surface area contributed by atoms with E-state index in [1.807, 2.05) is 43.3 Å². The van der Waals surface area contributed by atoms with Gasteiger partial charge in [-0.25, -0.2) is 4.98 Å². The smallest absolute Gasteiger partial charge is 0.159 e. The van der Waals surface area contributed by atoms with Crippen molar-refractivity contribution in [3.63, 3.8) is 0 Å². The normalized spacial score (nSPS) is 10.6. The number of ketones is 1. The third kappa shape index (κ3) is 3.10. The number of benzene rings is 2. The summed E-state index contributed by atoms with van der Waals surface area (Å²) in [4.78, 5) is 16.2. The summed E-state index contributed by atoms with van der Waals surface area (Å²) in [6.45, 7) is 3.56. The maximum absolute atomic E-state index is 11.6. The third-order valence-corrected chi connectivity index (χ3v) is 3.89. The van der Waals surface area contributed by atoms with Crippen molar-refractivity contribution in [2.24, 2.45) is 5.73 Å². The van der Waals surface area contributed by atoms with Crippen LogP contribution < -0.4 is 11.1 Å². The van der Waals surface area contributed by atoms with Crippen molar-refractivity contribution in [1.82, 2.24) is 4.98 Å². The predicted octanol–water partition coefficient (Wildman–Crippen LogP) is 3.77. The van der Waals surface area contributed by atoms with Gasteiger partial charge in [-0.2, -0.15) is 0 Å². The molecule has 0 unspecified atom stereocenters. The Labute approximate surface area is 140 Å². The molecule has 3 rings (SSSR count). The molecule has 2 aromatic carbocycles. The molecule has 5 nitrogen and oxygen atoms in total. The molecular formula is C19H18N4O. The molecule has 120 valence electrons. The predicted molar refractivity (Wildman–Crippen MR) is 97.2 cm³/mol. The fraction of sp³-hybridized carbons (Fsp3) is 0.105. The van der Waals surface area contributed by atoms with Crippen LogP contribution in [0.25, 0.3) is 10.9 Å². The fourth-order valence-corrected chi connectivity index (χ4v) is 2.57. The number of nitrogens with two attached hydrogens (primary N) is 1. The Kier molecular flexibility index (Phi) is 4.00. The van der Waals surface area contributed by atoms with Crippen LogP contribution in [0.3, 0.4) is 0 Å². The number of aromatic nitrogens is 1. The Bertz CT molecular complexity index is 945. The number of rotatable bonds is 4. The number of aryl methyl sites for hydroxylation is 1. The van der Waals surface area contributed by atoms with Crippen molar-refractivity contribution in [3.05, 3.63) is 65.2 Å². The number of Topliss-reactive ketones (excluding diaryl/α,β-unsaturated/α-hetero) is 1. The lowest BCUT2D eigenvalue weighted by Gasteiger charge is -2.10. The van der Waals surface area contributed by atoms with Crippen LogP contribution in [0.5, 0.6) is 0 Å². The highest BCUT2D eigenvalue weighted by Gasteiger charge is 2.07. The zero-order valence-electron chi connectivity index (χ0n) is 13.6. The van der Waals surface area contributed by atoms with E-state index in [1.165, 1.54) is 0 Å². The van der Waals surface area contributed by atoms with Crippen LogP contribution in [0, 0.1) is 12.3 Å².